The zero-order valence-electron chi connectivity index (χ0n) is 17.7. The van der Waals surface area contributed by atoms with E-state index in [0.717, 1.165) is 18.5 Å². The lowest BCUT2D eigenvalue weighted by Crippen LogP contribution is -2.25. The summed E-state index contributed by atoms with van der Waals surface area (Å²) in [4.78, 5) is 24.4. The van der Waals surface area contributed by atoms with Crippen LogP contribution in [0.1, 0.15) is 37.0 Å². The van der Waals surface area contributed by atoms with E-state index < -0.39 is 0 Å². The first-order valence-corrected chi connectivity index (χ1v) is 10.3. The van der Waals surface area contributed by atoms with Crippen molar-refractivity contribution >= 4 is 23.2 Å². The average molecular weight is 414 g/mol. The number of nitrogens with one attached hydrogen (secondary N) is 3. The Morgan fingerprint density at radius 3 is 2.57 bits per heavy atom. The molecule has 0 heterocycles. The highest BCUT2D eigenvalue weighted by Crippen LogP contribution is 2.17. The fourth-order valence-corrected chi connectivity index (χ4v) is 2.67. The number of ether oxygens (including phenoxy) is 2. The molecule has 7 heteroatoms. The molecule has 0 unspecified atom stereocenters. The van der Waals surface area contributed by atoms with E-state index in [2.05, 4.69) is 22.9 Å². The smallest absolute Gasteiger partial charge is 0.251 e. The second kappa shape index (κ2) is 13.2. The van der Waals surface area contributed by atoms with E-state index >= 15 is 0 Å². The SMILES string of the molecule is CCCCNC(=O)c1cccc(NC(=O)CNc2cccc(OCCOCC)c2)c1. The van der Waals surface area contributed by atoms with Gasteiger partial charge in [0.05, 0.1) is 13.2 Å². The van der Waals surface area contributed by atoms with E-state index in [9.17, 15) is 9.59 Å². The first-order chi connectivity index (χ1) is 14.6. The maximum atomic E-state index is 12.3. The maximum absolute atomic E-state index is 12.3. The molecule has 0 saturated carbocycles. The Balaban J connectivity index is 1.82. The summed E-state index contributed by atoms with van der Waals surface area (Å²) >= 11 is 0. The predicted octanol–water partition coefficient (Wildman–Crippen LogP) is 3.68. The molecule has 30 heavy (non-hydrogen) atoms. The van der Waals surface area contributed by atoms with Crippen molar-refractivity contribution in [1.82, 2.24) is 5.32 Å². The molecule has 0 aromatic heterocycles. The third-order valence-corrected chi connectivity index (χ3v) is 4.21. The van der Waals surface area contributed by atoms with Crippen molar-refractivity contribution in [2.75, 3.05) is 43.5 Å². The fourth-order valence-electron chi connectivity index (χ4n) is 2.67. The Morgan fingerprint density at radius 1 is 0.967 bits per heavy atom. The van der Waals surface area contributed by atoms with Gasteiger partial charge in [-0.05, 0) is 43.7 Å². The van der Waals surface area contributed by atoms with Crippen molar-refractivity contribution in [1.29, 1.82) is 0 Å². The summed E-state index contributed by atoms with van der Waals surface area (Å²) in [6, 6.07) is 14.3. The third-order valence-electron chi connectivity index (χ3n) is 4.21. The summed E-state index contributed by atoms with van der Waals surface area (Å²) < 4.78 is 10.9. The molecule has 0 atom stereocenters. The molecule has 0 radical (unpaired) electrons. The highest BCUT2D eigenvalue weighted by Gasteiger charge is 2.08. The Morgan fingerprint density at radius 2 is 1.77 bits per heavy atom. The van der Waals surface area contributed by atoms with Crippen LogP contribution in [0.4, 0.5) is 11.4 Å². The summed E-state index contributed by atoms with van der Waals surface area (Å²) in [5.41, 5.74) is 1.88. The molecule has 2 amide bonds. The van der Waals surface area contributed by atoms with Gasteiger partial charge in [-0.15, -0.1) is 0 Å². The Bertz CT molecular complexity index is 811. The monoisotopic (exact) mass is 413 g/mol. The second-order valence-corrected chi connectivity index (χ2v) is 6.67. The summed E-state index contributed by atoms with van der Waals surface area (Å²) in [5, 5.41) is 8.75. The summed E-state index contributed by atoms with van der Waals surface area (Å²) in [6.07, 6.45) is 1.96. The topological polar surface area (TPSA) is 88.7 Å². The van der Waals surface area contributed by atoms with Gasteiger partial charge in [0, 0.05) is 36.2 Å². The average Bonchev–Trinajstić information content (AvgIpc) is 2.76. The van der Waals surface area contributed by atoms with E-state index in [4.69, 9.17) is 9.47 Å². The maximum Gasteiger partial charge on any atom is 0.251 e. The molecule has 2 aromatic carbocycles. The first-order valence-electron chi connectivity index (χ1n) is 10.3. The number of amides is 2. The molecular formula is C23H31N3O4. The van der Waals surface area contributed by atoms with Gasteiger partial charge in [-0.2, -0.15) is 0 Å². The van der Waals surface area contributed by atoms with Crippen molar-refractivity contribution in [3.05, 3.63) is 54.1 Å². The standard InChI is InChI=1S/C23H31N3O4/c1-3-5-12-24-23(28)18-8-6-10-20(15-18)26-22(27)17-25-19-9-7-11-21(16-19)30-14-13-29-4-2/h6-11,15-16,25H,3-5,12-14,17H2,1-2H3,(H,24,28)(H,26,27). The number of hydrogen-bond acceptors (Lipinski definition) is 5. The van der Waals surface area contributed by atoms with E-state index in [1.54, 1.807) is 24.3 Å². The second-order valence-electron chi connectivity index (χ2n) is 6.67. The molecule has 0 bridgehead atoms. The highest BCUT2D eigenvalue weighted by atomic mass is 16.5. The molecule has 0 aliphatic carbocycles. The Hall–Kier alpha value is -3.06. The van der Waals surface area contributed by atoms with Gasteiger partial charge >= 0.3 is 0 Å². The molecule has 0 spiro atoms. The van der Waals surface area contributed by atoms with Gasteiger partial charge in [0.1, 0.15) is 12.4 Å². The van der Waals surface area contributed by atoms with Crippen molar-refractivity contribution in [2.45, 2.75) is 26.7 Å². The Labute approximate surface area is 178 Å². The van der Waals surface area contributed by atoms with Gasteiger partial charge in [0.2, 0.25) is 5.91 Å². The van der Waals surface area contributed by atoms with Crippen LogP contribution in [0.5, 0.6) is 5.75 Å². The number of anilines is 2. The highest BCUT2D eigenvalue weighted by molar-refractivity contribution is 5.98. The van der Waals surface area contributed by atoms with Crippen LogP contribution in [0.15, 0.2) is 48.5 Å². The minimum Gasteiger partial charge on any atom is -0.491 e. The lowest BCUT2D eigenvalue weighted by atomic mass is 10.2. The summed E-state index contributed by atoms with van der Waals surface area (Å²) in [5.74, 6) is 0.363. The van der Waals surface area contributed by atoms with Gasteiger partial charge in [-0.3, -0.25) is 9.59 Å². The normalized spacial score (nSPS) is 10.3. The molecule has 162 valence electrons. The molecule has 2 aromatic rings. The lowest BCUT2D eigenvalue weighted by Gasteiger charge is -2.11. The third kappa shape index (κ3) is 8.53. The van der Waals surface area contributed by atoms with Gasteiger partial charge < -0.3 is 25.4 Å². The van der Waals surface area contributed by atoms with Crippen molar-refractivity contribution in [3.63, 3.8) is 0 Å². The molecule has 0 saturated heterocycles. The van der Waals surface area contributed by atoms with E-state index in [1.165, 1.54) is 0 Å². The van der Waals surface area contributed by atoms with Gasteiger partial charge in [-0.1, -0.05) is 25.5 Å². The lowest BCUT2D eigenvalue weighted by molar-refractivity contribution is -0.114. The molecule has 0 aliphatic rings. The van der Waals surface area contributed by atoms with Crippen LogP contribution < -0.4 is 20.7 Å². The molecule has 2 rings (SSSR count). The van der Waals surface area contributed by atoms with Crippen molar-refractivity contribution < 1.29 is 19.1 Å². The number of benzene rings is 2. The molecule has 3 N–H and O–H groups in total. The molecule has 0 aliphatic heterocycles. The van der Waals surface area contributed by atoms with Crippen molar-refractivity contribution in [3.8, 4) is 5.75 Å². The van der Waals surface area contributed by atoms with Crippen LogP contribution in [0.3, 0.4) is 0 Å². The predicted molar refractivity (Wildman–Crippen MR) is 119 cm³/mol. The van der Waals surface area contributed by atoms with Crippen LogP contribution in [0.25, 0.3) is 0 Å². The van der Waals surface area contributed by atoms with Crippen LogP contribution >= 0.6 is 0 Å². The summed E-state index contributed by atoms with van der Waals surface area (Å²) in [6.45, 7) is 6.41. The van der Waals surface area contributed by atoms with Crippen LogP contribution in [-0.2, 0) is 9.53 Å². The minimum absolute atomic E-state index is 0.0926. The summed E-state index contributed by atoms with van der Waals surface area (Å²) in [7, 11) is 0. The zero-order valence-corrected chi connectivity index (χ0v) is 17.7. The number of carbonyl (C=O) groups is 2. The molecule has 7 nitrogen and oxygen atoms in total. The molecular weight excluding hydrogens is 382 g/mol. The van der Waals surface area contributed by atoms with Gasteiger partial charge in [0.25, 0.3) is 5.91 Å². The van der Waals surface area contributed by atoms with E-state index in [-0.39, 0.29) is 18.4 Å². The number of carbonyl (C=O) groups excluding carboxylic acids is 2. The quantitative estimate of drug-likeness (QED) is 0.436. The van der Waals surface area contributed by atoms with Crippen LogP contribution in [0, 0.1) is 0 Å². The van der Waals surface area contributed by atoms with Crippen LogP contribution in [-0.4, -0.2) is 44.7 Å². The minimum atomic E-state index is -0.207. The number of unbranched alkanes of at least 4 members (excludes halogenated alkanes) is 1. The fraction of sp³-hybridized carbons (Fsp3) is 0.391. The molecule has 0 fully saturated rings. The van der Waals surface area contributed by atoms with Gasteiger partial charge in [0.15, 0.2) is 0 Å². The van der Waals surface area contributed by atoms with Crippen LogP contribution in [0.2, 0.25) is 0 Å². The van der Waals surface area contributed by atoms with Crippen molar-refractivity contribution in [2.24, 2.45) is 0 Å². The first kappa shape index (κ1) is 23.2. The zero-order chi connectivity index (χ0) is 21.6. The van der Waals surface area contributed by atoms with Gasteiger partial charge in [-0.25, -0.2) is 0 Å². The van der Waals surface area contributed by atoms with E-state index in [0.29, 0.717) is 43.4 Å². The number of hydrogen-bond donors (Lipinski definition) is 3. The number of rotatable bonds is 13. The Kier molecular flexibility index (Phi) is 10.2. The van der Waals surface area contributed by atoms with E-state index in [1.807, 2.05) is 31.2 Å². The largest absolute Gasteiger partial charge is 0.491 e.